The Morgan fingerprint density at radius 3 is 2.75 bits per heavy atom. The summed E-state index contributed by atoms with van der Waals surface area (Å²) in [7, 11) is 0. The van der Waals surface area contributed by atoms with Crippen LogP contribution < -0.4 is 5.56 Å². The number of nitrogens with zero attached hydrogens (tertiary/aromatic N) is 3. The first-order chi connectivity index (χ1) is 15.5. The zero-order valence-electron chi connectivity index (χ0n) is 17.0. The number of benzene rings is 1. The molecule has 0 saturated carbocycles. The first kappa shape index (κ1) is 20.1. The average molecular weight is 431 g/mol. The molecule has 32 heavy (non-hydrogen) atoms. The molecule has 1 aliphatic rings. The maximum Gasteiger partial charge on any atom is 0.321 e. The van der Waals surface area contributed by atoms with Gasteiger partial charge in [-0.05, 0) is 42.0 Å². The number of carbonyl (C=O) groups is 1. The summed E-state index contributed by atoms with van der Waals surface area (Å²) in [4.78, 5) is 33.0. The number of H-pyrrole nitrogens is 2. The SMILES string of the molecule is O=C(O)[C@@H]1C[C@@H](O)CN1Cc1ccc2[nH]c(-c3cc(-c4ccncc4)n[nH]c3=O)cc2c1. The largest absolute Gasteiger partial charge is 0.480 e. The Balaban J connectivity index is 1.46. The lowest BCUT2D eigenvalue weighted by Crippen LogP contribution is -2.35. The molecule has 1 aromatic carbocycles. The van der Waals surface area contributed by atoms with E-state index in [0.717, 1.165) is 22.0 Å². The number of likely N-dealkylation sites (tertiary alicyclic amines) is 1. The molecule has 4 aromatic rings. The van der Waals surface area contributed by atoms with E-state index in [0.29, 0.717) is 30.0 Å². The molecule has 0 amide bonds. The molecular formula is C23H21N5O4. The summed E-state index contributed by atoms with van der Waals surface area (Å²) >= 11 is 0. The third-order valence-corrected chi connectivity index (χ3v) is 5.81. The lowest BCUT2D eigenvalue weighted by Gasteiger charge is -2.20. The molecule has 1 fully saturated rings. The minimum atomic E-state index is -0.923. The average Bonchev–Trinajstić information content (AvgIpc) is 3.37. The van der Waals surface area contributed by atoms with Crippen molar-refractivity contribution >= 4 is 16.9 Å². The van der Waals surface area contributed by atoms with Crippen LogP contribution in [-0.2, 0) is 11.3 Å². The third kappa shape index (κ3) is 3.79. The van der Waals surface area contributed by atoms with Gasteiger partial charge in [0.15, 0.2) is 0 Å². The van der Waals surface area contributed by atoms with Gasteiger partial charge in [-0.2, -0.15) is 5.10 Å². The van der Waals surface area contributed by atoms with Crippen molar-refractivity contribution in [2.24, 2.45) is 0 Å². The summed E-state index contributed by atoms with van der Waals surface area (Å²) in [5.74, 6) is -0.923. The Morgan fingerprint density at radius 1 is 1.16 bits per heavy atom. The second kappa shape index (κ2) is 8.03. The van der Waals surface area contributed by atoms with Crippen molar-refractivity contribution in [3.05, 3.63) is 70.8 Å². The van der Waals surface area contributed by atoms with Gasteiger partial charge in [-0.1, -0.05) is 6.07 Å². The molecule has 3 aromatic heterocycles. The van der Waals surface area contributed by atoms with Gasteiger partial charge in [-0.3, -0.25) is 19.5 Å². The fourth-order valence-electron chi connectivity index (χ4n) is 4.25. The zero-order valence-corrected chi connectivity index (χ0v) is 17.0. The molecule has 0 unspecified atom stereocenters. The Labute approximate surface area is 182 Å². The number of aromatic amines is 2. The van der Waals surface area contributed by atoms with Gasteiger partial charge >= 0.3 is 5.97 Å². The Morgan fingerprint density at radius 2 is 1.97 bits per heavy atom. The fourth-order valence-corrected chi connectivity index (χ4v) is 4.25. The number of hydrogen-bond donors (Lipinski definition) is 4. The number of aliphatic hydroxyl groups excluding tert-OH is 1. The molecule has 1 saturated heterocycles. The summed E-state index contributed by atoms with van der Waals surface area (Å²) in [6.45, 7) is 0.754. The molecule has 2 atom stereocenters. The van der Waals surface area contributed by atoms with Crippen LogP contribution in [0.1, 0.15) is 12.0 Å². The number of carboxylic acid groups (broad SMARTS) is 1. The summed E-state index contributed by atoms with van der Waals surface area (Å²) in [6, 6.07) is 12.4. The van der Waals surface area contributed by atoms with E-state index in [1.807, 2.05) is 36.4 Å². The number of aliphatic hydroxyl groups is 1. The van der Waals surface area contributed by atoms with Crippen molar-refractivity contribution in [3.8, 4) is 22.5 Å². The number of nitrogens with one attached hydrogen (secondary N) is 2. The molecule has 0 aliphatic carbocycles. The number of hydrogen-bond acceptors (Lipinski definition) is 6. The summed E-state index contributed by atoms with van der Waals surface area (Å²) in [5.41, 5.74) is 4.11. The van der Waals surface area contributed by atoms with Crippen LogP contribution in [0.2, 0.25) is 0 Å². The van der Waals surface area contributed by atoms with E-state index in [1.54, 1.807) is 23.4 Å². The highest BCUT2D eigenvalue weighted by Crippen LogP contribution is 2.27. The maximum absolute atomic E-state index is 12.5. The van der Waals surface area contributed by atoms with Gasteiger partial charge in [0.1, 0.15) is 6.04 Å². The molecule has 9 heteroatoms. The minimum Gasteiger partial charge on any atom is -0.480 e. The summed E-state index contributed by atoms with van der Waals surface area (Å²) < 4.78 is 0. The highest BCUT2D eigenvalue weighted by atomic mass is 16.4. The summed E-state index contributed by atoms with van der Waals surface area (Å²) in [5, 5.41) is 26.9. The highest BCUT2D eigenvalue weighted by molar-refractivity contribution is 5.86. The van der Waals surface area contributed by atoms with Crippen LogP contribution in [0, 0.1) is 0 Å². The number of β-amino-alcohol motifs (C(OH)–C–C–N with tert-alkyl or cyclic N) is 1. The molecular weight excluding hydrogens is 410 g/mol. The van der Waals surface area contributed by atoms with Crippen LogP contribution in [0.25, 0.3) is 33.4 Å². The van der Waals surface area contributed by atoms with Gasteiger partial charge in [0.25, 0.3) is 5.56 Å². The van der Waals surface area contributed by atoms with Gasteiger partial charge in [-0.25, -0.2) is 5.10 Å². The van der Waals surface area contributed by atoms with Gasteiger partial charge in [-0.15, -0.1) is 0 Å². The van der Waals surface area contributed by atoms with Crippen LogP contribution in [0.5, 0.6) is 0 Å². The van der Waals surface area contributed by atoms with Crippen LogP contribution in [0.4, 0.5) is 0 Å². The number of pyridine rings is 1. The molecule has 4 heterocycles. The molecule has 162 valence electrons. The Hall–Kier alpha value is -3.82. The first-order valence-electron chi connectivity index (χ1n) is 10.2. The van der Waals surface area contributed by atoms with E-state index in [9.17, 15) is 19.8 Å². The monoisotopic (exact) mass is 431 g/mol. The molecule has 0 bridgehead atoms. The van der Waals surface area contributed by atoms with Crippen LogP contribution in [0.15, 0.2) is 59.7 Å². The van der Waals surface area contributed by atoms with E-state index >= 15 is 0 Å². The second-order valence-electron chi connectivity index (χ2n) is 8.01. The van der Waals surface area contributed by atoms with E-state index in [-0.39, 0.29) is 12.0 Å². The first-order valence-corrected chi connectivity index (χ1v) is 10.2. The van der Waals surface area contributed by atoms with Crippen molar-refractivity contribution < 1.29 is 15.0 Å². The lowest BCUT2D eigenvalue weighted by atomic mass is 10.1. The van der Waals surface area contributed by atoms with E-state index < -0.39 is 18.1 Å². The standard InChI is InChI=1S/C23H21N5O4/c29-16-9-21(23(31)32)28(12-16)11-13-1-2-18-15(7-13)8-20(25-18)17-10-19(26-27-22(17)30)14-3-5-24-6-4-14/h1-8,10,16,21,25,29H,9,11-12H2,(H,27,30)(H,31,32)/t16-,21+/m1/s1. The quantitative estimate of drug-likeness (QED) is 0.379. The number of aromatic nitrogens is 4. The van der Waals surface area contributed by atoms with Crippen molar-refractivity contribution in [2.75, 3.05) is 6.54 Å². The molecule has 1 aliphatic heterocycles. The maximum atomic E-state index is 12.5. The van der Waals surface area contributed by atoms with Crippen molar-refractivity contribution in [1.82, 2.24) is 25.1 Å². The normalized spacial score (nSPS) is 18.9. The minimum absolute atomic E-state index is 0.233. The van der Waals surface area contributed by atoms with E-state index in [4.69, 9.17) is 0 Å². The predicted octanol–water partition coefficient (Wildman–Crippen LogP) is 2.00. The second-order valence-corrected chi connectivity index (χ2v) is 8.01. The number of fused-ring (bicyclic) bond motifs is 1. The third-order valence-electron chi connectivity index (χ3n) is 5.81. The van der Waals surface area contributed by atoms with Crippen molar-refractivity contribution in [3.63, 3.8) is 0 Å². The van der Waals surface area contributed by atoms with E-state index in [1.165, 1.54) is 0 Å². The van der Waals surface area contributed by atoms with Crippen LogP contribution in [-0.4, -0.2) is 59.9 Å². The summed E-state index contributed by atoms with van der Waals surface area (Å²) in [6.07, 6.45) is 2.93. The van der Waals surface area contributed by atoms with E-state index in [2.05, 4.69) is 20.2 Å². The highest BCUT2D eigenvalue weighted by Gasteiger charge is 2.35. The van der Waals surface area contributed by atoms with Gasteiger partial charge in [0.05, 0.1) is 23.1 Å². The number of aliphatic carboxylic acids is 1. The topological polar surface area (TPSA) is 135 Å². The van der Waals surface area contributed by atoms with Gasteiger partial charge < -0.3 is 15.2 Å². The van der Waals surface area contributed by atoms with Crippen molar-refractivity contribution in [2.45, 2.75) is 25.1 Å². The number of rotatable bonds is 5. The molecule has 0 spiro atoms. The fraction of sp³-hybridized carbons (Fsp3) is 0.217. The van der Waals surface area contributed by atoms with Gasteiger partial charge in [0, 0.05) is 48.4 Å². The van der Waals surface area contributed by atoms with Crippen LogP contribution in [0.3, 0.4) is 0 Å². The smallest absolute Gasteiger partial charge is 0.321 e. The van der Waals surface area contributed by atoms with Crippen LogP contribution >= 0.6 is 0 Å². The lowest BCUT2D eigenvalue weighted by molar-refractivity contribution is -0.142. The Bertz CT molecular complexity index is 1350. The van der Waals surface area contributed by atoms with Crippen molar-refractivity contribution in [1.29, 1.82) is 0 Å². The predicted molar refractivity (Wildman–Crippen MR) is 118 cm³/mol. The molecule has 4 N–H and O–H groups in total. The van der Waals surface area contributed by atoms with Gasteiger partial charge in [0.2, 0.25) is 0 Å². The zero-order chi connectivity index (χ0) is 22.2. The molecule has 5 rings (SSSR count). The number of carboxylic acids is 1. The molecule has 0 radical (unpaired) electrons. The Kier molecular flexibility index (Phi) is 5.04. The molecule has 9 nitrogen and oxygen atoms in total.